The molecule has 2 aromatic rings. The quantitative estimate of drug-likeness (QED) is 0.498. The third-order valence-corrected chi connectivity index (χ3v) is 8.64. The molecular formula is C25H35ClN6O2S. The number of benzene rings is 1. The van der Waals surface area contributed by atoms with Gasteiger partial charge in [-0.15, -0.1) is 0 Å². The second-order valence-electron chi connectivity index (χ2n) is 10.6. The van der Waals surface area contributed by atoms with Gasteiger partial charge in [0.2, 0.25) is 16.0 Å². The molecule has 0 spiro atoms. The fourth-order valence-electron chi connectivity index (χ4n) is 5.94. The predicted molar refractivity (Wildman–Crippen MR) is 141 cm³/mol. The van der Waals surface area contributed by atoms with Crippen molar-refractivity contribution in [2.24, 2.45) is 0 Å². The third-order valence-electron chi connectivity index (χ3n) is 7.63. The van der Waals surface area contributed by atoms with Gasteiger partial charge in [-0.25, -0.2) is 18.1 Å². The highest BCUT2D eigenvalue weighted by Crippen LogP contribution is 2.47. The molecule has 3 aliphatic rings. The van der Waals surface area contributed by atoms with Crippen molar-refractivity contribution in [3.05, 3.63) is 40.5 Å². The van der Waals surface area contributed by atoms with E-state index in [-0.39, 0.29) is 12.1 Å². The second-order valence-corrected chi connectivity index (χ2v) is 12.8. The lowest BCUT2D eigenvalue weighted by atomic mass is 9.91. The zero-order chi connectivity index (χ0) is 24.7. The summed E-state index contributed by atoms with van der Waals surface area (Å²) in [4.78, 5) is 11.6. The summed E-state index contributed by atoms with van der Waals surface area (Å²) in [5, 5.41) is 7.15. The summed E-state index contributed by atoms with van der Waals surface area (Å²) >= 11 is 6.42. The van der Waals surface area contributed by atoms with Crippen LogP contribution in [0.15, 0.2) is 24.4 Å². The minimum absolute atomic E-state index is 0.0816. The number of hydrogen-bond donors (Lipinski definition) is 3. The standard InChI is InChI=1S/C25H35ClN6O2S/c1-15(2)32-13-16-10-17(14-32)20-11-18(8-9-19(16)20)28-25-27-12-21(26)24(30-25)29-22-6-4-5-7-23(22)31-35(3,33)34/h8-9,11-12,15-17,22-23,31H,4-7,10,13-14H2,1-3H3,(H2,27,28,29,30)/t16?,17?,22-,23-/m1/s1. The molecule has 0 amide bonds. The van der Waals surface area contributed by atoms with Crippen molar-refractivity contribution in [3.8, 4) is 0 Å². The van der Waals surface area contributed by atoms with Crippen LogP contribution in [0.5, 0.6) is 0 Å². The summed E-state index contributed by atoms with van der Waals surface area (Å²) in [5.74, 6) is 2.17. The van der Waals surface area contributed by atoms with Gasteiger partial charge in [0.05, 0.1) is 12.5 Å². The fourth-order valence-corrected chi connectivity index (χ4v) is 6.91. The molecule has 0 radical (unpaired) electrons. The van der Waals surface area contributed by atoms with Crippen molar-refractivity contribution < 1.29 is 8.42 Å². The first-order valence-electron chi connectivity index (χ1n) is 12.6. The molecular weight excluding hydrogens is 484 g/mol. The highest BCUT2D eigenvalue weighted by atomic mass is 35.5. The molecule has 2 bridgehead atoms. The summed E-state index contributed by atoms with van der Waals surface area (Å²) in [5.41, 5.74) is 3.88. The number of aromatic nitrogens is 2. The lowest BCUT2D eigenvalue weighted by molar-refractivity contribution is 0.163. The molecule has 2 heterocycles. The molecule has 2 fully saturated rings. The van der Waals surface area contributed by atoms with Gasteiger partial charge < -0.3 is 10.6 Å². The molecule has 190 valence electrons. The number of rotatable bonds is 7. The van der Waals surface area contributed by atoms with Crippen LogP contribution in [-0.2, 0) is 10.0 Å². The first-order valence-corrected chi connectivity index (χ1v) is 14.8. The Bertz CT molecular complexity index is 1190. The van der Waals surface area contributed by atoms with Gasteiger partial charge in [0.15, 0.2) is 5.82 Å². The van der Waals surface area contributed by atoms with Crippen molar-refractivity contribution in [2.75, 3.05) is 30.0 Å². The van der Waals surface area contributed by atoms with Crippen LogP contribution in [0.3, 0.4) is 0 Å². The number of nitrogens with one attached hydrogen (secondary N) is 3. The maximum absolute atomic E-state index is 11.8. The van der Waals surface area contributed by atoms with Gasteiger partial charge in [-0.3, -0.25) is 4.90 Å². The van der Waals surface area contributed by atoms with E-state index in [1.165, 1.54) is 23.8 Å². The molecule has 8 nitrogen and oxygen atoms in total. The van der Waals surface area contributed by atoms with Gasteiger partial charge in [-0.05, 0) is 68.2 Å². The highest BCUT2D eigenvalue weighted by molar-refractivity contribution is 7.88. The van der Waals surface area contributed by atoms with Crippen molar-refractivity contribution in [3.63, 3.8) is 0 Å². The number of anilines is 3. The average Bonchev–Trinajstić information content (AvgIpc) is 3.05. The van der Waals surface area contributed by atoms with Gasteiger partial charge in [0.1, 0.15) is 5.02 Å². The van der Waals surface area contributed by atoms with Crippen LogP contribution in [-0.4, -0.2) is 60.8 Å². The van der Waals surface area contributed by atoms with Crippen molar-refractivity contribution in [2.45, 2.75) is 75.9 Å². The van der Waals surface area contributed by atoms with E-state index in [2.05, 4.69) is 62.3 Å². The molecule has 2 unspecified atom stereocenters. The van der Waals surface area contributed by atoms with E-state index in [1.54, 1.807) is 6.20 Å². The Balaban J connectivity index is 1.32. The zero-order valence-electron chi connectivity index (χ0n) is 20.6. The topological polar surface area (TPSA) is 99.2 Å². The molecule has 1 aromatic carbocycles. The van der Waals surface area contributed by atoms with E-state index >= 15 is 0 Å². The Morgan fingerprint density at radius 2 is 1.80 bits per heavy atom. The minimum Gasteiger partial charge on any atom is -0.364 e. The van der Waals surface area contributed by atoms with Gasteiger partial charge in [-0.2, -0.15) is 4.98 Å². The first kappa shape index (κ1) is 24.7. The van der Waals surface area contributed by atoms with Crippen molar-refractivity contribution in [1.29, 1.82) is 0 Å². The maximum Gasteiger partial charge on any atom is 0.229 e. The second kappa shape index (κ2) is 9.84. The van der Waals surface area contributed by atoms with Crippen LogP contribution in [0, 0.1) is 0 Å². The number of halogens is 1. The molecule has 2 aliphatic carbocycles. The SMILES string of the molecule is CC(C)N1CC2CC(C1)c1cc(Nc3ncc(Cl)c(N[C@@H]4CCCC[C@H]4NS(C)(=O)=O)n3)ccc12. The number of fused-ring (bicyclic) bond motifs is 5. The number of hydrogen-bond acceptors (Lipinski definition) is 7. The number of sulfonamides is 1. The normalized spacial score (nSPS) is 26.5. The lowest BCUT2D eigenvalue weighted by Gasteiger charge is -2.35. The van der Waals surface area contributed by atoms with Crippen LogP contribution >= 0.6 is 11.6 Å². The largest absolute Gasteiger partial charge is 0.364 e. The van der Waals surface area contributed by atoms with E-state index in [1.807, 2.05) is 0 Å². The van der Waals surface area contributed by atoms with Crippen LogP contribution < -0.4 is 15.4 Å². The molecule has 4 atom stereocenters. The smallest absolute Gasteiger partial charge is 0.229 e. The molecule has 1 aliphatic heterocycles. The van der Waals surface area contributed by atoms with E-state index in [0.717, 1.165) is 44.5 Å². The van der Waals surface area contributed by atoms with Gasteiger partial charge >= 0.3 is 0 Å². The molecule has 3 N–H and O–H groups in total. The Kier molecular flexibility index (Phi) is 6.96. The Labute approximate surface area is 213 Å². The summed E-state index contributed by atoms with van der Waals surface area (Å²) < 4.78 is 26.4. The van der Waals surface area contributed by atoms with E-state index in [4.69, 9.17) is 11.6 Å². The Hall–Kier alpha value is -1.94. The van der Waals surface area contributed by atoms with Crippen LogP contribution in [0.2, 0.25) is 5.02 Å². The summed E-state index contributed by atoms with van der Waals surface area (Å²) in [7, 11) is -3.30. The molecule has 35 heavy (non-hydrogen) atoms. The fraction of sp³-hybridized carbons (Fsp3) is 0.600. The number of nitrogens with zero attached hydrogens (tertiary/aromatic N) is 3. The van der Waals surface area contributed by atoms with Gasteiger partial charge in [0.25, 0.3) is 0 Å². The average molecular weight is 519 g/mol. The molecule has 5 rings (SSSR count). The Morgan fingerprint density at radius 1 is 1.09 bits per heavy atom. The van der Waals surface area contributed by atoms with Crippen molar-refractivity contribution >= 4 is 39.1 Å². The van der Waals surface area contributed by atoms with Gasteiger partial charge in [0, 0.05) is 36.9 Å². The highest BCUT2D eigenvalue weighted by Gasteiger charge is 2.38. The molecule has 1 saturated heterocycles. The molecule has 10 heteroatoms. The first-order chi connectivity index (χ1) is 16.7. The predicted octanol–water partition coefficient (Wildman–Crippen LogP) is 4.44. The number of likely N-dealkylation sites (tertiary alicyclic amines) is 1. The summed E-state index contributed by atoms with van der Waals surface area (Å²) in [6.07, 6.45) is 7.66. The third kappa shape index (κ3) is 5.58. The Morgan fingerprint density at radius 3 is 2.51 bits per heavy atom. The van der Waals surface area contributed by atoms with Crippen molar-refractivity contribution in [1.82, 2.24) is 19.6 Å². The van der Waals surface area contributed by atoms with Crippen LogP contribution in [0.25, 0.3) is 0 Å². The van der Waals surface area contributed by atoms with E-state index in [9.17, 15) is 8.42 Å². The van der Waals surface area contributed by atoms with Crippen LogP contribution in [0.1, 0.15) is 68.9 Å². The van der Waals surface area contributed by atoms with E-state index in [0.29, 0.717) is 34.7 Å². The monoisotopic (exact) mass is 518 g/mol. The van der Waals surface area contributed by atoms with Crippen LogP contribution in [0.4, 0.5) is 17.5 Å². The molecule has 1 aromatic heterocycles. The summed E-state index contributed by atoms with van der Waals surface area (Å²) in [6, 6.07) is 6.91. The van der Waals surface area contributed by atoms with E-state index < -0.39 is 10.0 Å². The number of piperidine rings is 1. The maximum atomic E-state index is 11.8. The lowest BCUT2D eigenvalue weighted by Crippen LogP contribution is -2.48. The summed E-state index contributed by atoms with van der Waals surface area (Å²) in [6.45, 7) is 6.80. The molecule has 1 saturated carbocycles. The minimum atomic E-state index is -3.30. The van der Waals surface area contributed by atoms with Gasteiger partial charge in [-0.1, -0.05) is 30.5 Å². The zero-order valence-corrected chi connectivity index (χ0v) is 22.2.